The third kappa shape index (κ3) is 2.29. The number of Topliss-reactive ketones (excluding diaryl/α,β-unsaturated/α-hetero) is 1. The molecule has 8 heteroatoms. The number of benzene rings is 1. The SMILES string of the molecule is O=C1C[C@H](n2nnn(Cc3ccccc3)c2=S)[C@H]2CO[C@H]1O2. The van der Waals surface area contributed by atoms with Gasteiger partial charge in [0.05, 0.1) is 19.2 Å². The lowest BCUT2D eigenvalue weighted by atomic mass is 10.0. The quantitative estimate of drug-likeness (QED) is 0.790. The number of carbonyl (C=O) groups excluding carboxylic acids is 1. The van der Waals surface area contributed by atoms with Crippen molar-refractivity contribution < 1.29 is 14.3 Å². The predicted octanol–water partition coefficient (Wildman–Crippen LogP) is 1.11. The molecule has 4 rings (SSSR count). The van der Waals surface area contributed by atoms with Crippen molar-refractivity contribution in [2.24, 2.45) is 0 Å². The maximum Gasteiger partial charge on any atom is 0.218 e. The lowest BCUT2D eigenvalue weighted by Crippen LogP contribution is -2.37. The minimum Gasteiger partial charge on any atom is -0.343 e. The third-order valence-corrected chi connectivity index (χ3v) is 4.36. The molecule has 2 fully saturated rings. The second kappa shape index (κ2) is 5.38. The molecule has 0 N–H and O–H groups in total. The van der Waals surface area contributed by atoms with Gasteiger partial charge in [0.25, 0.3) is 0 Å². The number of rotatable bonds is 3. The normalized spacial score (nSPS) is 27.3. The monoisotopic (exact) mass is 318 g/mol. The molecule has 0 aliphatic carbocycles. The van der Waals surface area contributed by atoms with Crippen LogP contribution in [0.4, 0.5) is 0 Å². The fourth-order valence-corrected chi connectivity index (χ4v) is 3.09. The van der Waals surface area contributed by atoms with Crippen molar-refractivity contribution in [1.29, 1.82) is 0 Å². The predicted molar refractivity (Wildman–Crippen MR) is 77.7 cm³/mol. The van der Waals surface area contributed by atoms with Crippen molar-refractivity contribution in [3.8, 4) is 0 Å². The second-order valence-corrected chi connectivity index (χ2v) is 5.79. The topological polar surface area (TPSA) is 71.2 Å². The molecule has 0 amide bonds. The van der Waals surface area contributed by atoms with Crippen LogP contribution < -0.4 is 0 Å². The van der Waals surface area contributed by atoms with Crippen LogP contribution in [0.2, 0.25) is 0 Å². The van der Waals surface area contributed by atoms with Gasteiger partial charge in [0, 0.05) is 6.42 Å². The zero-order chi connectivity index (χ0) is 15.1. The Labute approximate surface area is 131 Å². The van der Waals surface area contributed by atoms with Gasteiger partial charge in [0.15, 0.2) is 5.78 Å². The summed E-state index contributed by atoms with van der Waals surface area (Å²) >= 11 is 5.45. The summed E-state index contributed by atoms with van der Waals surface area (Å²) in [6, 6.07) is 9.65. The zero-order valence-corrected chi connectivity index (χ0v) is 12.5. The van der Waals surface area contributed by atoms with Gasteiger partial charge in [-0.3, -0.25) is 4.79 Å². The average Bonchev–Trinajstić information content (AvgIpc) is 3.11. The Morgan fingerprint density at radius 3 is 2.91 bits per heavy atom. The van der Waals surface area contributed by atoms with Gasteiger partial charge in [-0.15, -0.1) is 0 Å². The number of fused-ring (bicyclic) bond motifs is 2. The summed E-state index contributed by atoms with van der Waals surface area (Å²) in [5, 5.41) is 8.24. The highest BCUT2D eigenvalue weighted by atomic mass is 32.1. The number of tetrazole rings is 1. The van der Waals surface area contributed by atoms with Crippen LogP contribution in [0.15, 0.2) is 30.3 Å². The van der Waals surface area contributed by atoms with Crippen LogP contribution >= 0.6 is 12.2 Å². The van der Waals surface area contributed by atoms with Crippen molar-refractivity contribution in [3.63, 3.8) is 0 Å². The number of ether oxygens (including phenoxy) is 2. The number of hydrogen-bond donors (Lipinski definition) is 0. The molecule has 7 nitrogen and oxygen atoms in total. The fourth-order valence-electron chi connectivity index (χ4n) is 2.82. The van der Waals surface area contributed by atoms with Crippen LogP contribution in [0.3, 0.4) is 0 Å². The average molecular weight is 318 g/mol. The molecule has 3 atom stereocenters. The van der Waals surface area contributed by atoms with Gasteiger partial charge in [-0.25, -0.2) is 9.36 Å². The molecule has 2 aromatic rings. The number of carbonyl (C=O) groups is 1. The van der Waals surface area contributed by atoms with E-state index in [4.69, 9.17) is 21.7 Å². The van der Waals surface area contributed by atoms with Crippen LogP contribution in [0.25, 0.3) is 0 Å². The molecule has 2 aliphatic rings. The second-order valence-electron chi connectivity index (χ2n) is 5.43. The summed E-state index contributed by atoms with van der Waals surface area (Å²) in [5.41, 5.74) is 1.09. The summed E-state index contributed by atoms with van der Waals surface area (Å²) in [5.74, 6) is -0.0711. The highest BCUT2D eigenvalue weighted by Crippen LogP contribution is 2.32. The Morgan fingerprint density at radius 1 is 1.27 bits per heavy atom. The molecule has 0 unspecified atom stereocenters. The van der Waals surface area contributed by atoms with Crippen molar-refractivity contribution in [2.45, 2.75) is 31.4 Å². The zero-order valence-electron chi connectivity index (χ0n) is 11.7. The summed E-state index contributed by atoms with van der Waals surface area (Å²) in [6.07, 6.45) is -0.598. The molecular weight excluding hydrogens is 304 g/mol. The molecule has 0 spiro atoms. The molecule has 2 saturated heterocycles. The molecule has 0 saturated carbocycles. The Morgan fingerprint density at radius 2 is 2.09 bits per heavy atom. The maximum atomic E-state index is 11.9. The molecule has 22 heavy (non-hydrogen) atoms. The van der Waals surface area contributed by atoms with E-state index in [-0.39, 0.29) is 17.9 Å². The maximum absolute atomic E-state index is 11.9. The summed E-state index contributed by atoms with van der Waals surface area (Å²) in [4.78, 5) is 11.9. The molecule has 114 valence electrons. The third-order valence-electron chi connectivity index (χ3n) is 3.96. The van der Waals surface area contributed by atoms with E-state index in [2.05, 4.69) is 10.4 Å². The van der Waals surface area contributed by atoms with Gasteiger partial charge in [-0.1, -0.05) is 30.3 Å². The van der Waals surface area contributed by atoms with Gasteiger partial charge in [-0.2, -0.15) is 0 Å². The molecule has 2 bridgehead atoms. The van der Waals surface area contributed by atoms with Gasteiger partial charge in [0.1, 0.15) is 6.10 Å². The number of nitrogens with zero attached hydrogens (tertiary/aromatic N) is 4. The Hall–Kier alpha value is -1.90. The molecule has 2 aliphatic heterocycles. The van der Waals surface area contributed by atoms with Crippen LogP contribution in [-0.2, 0) is 20.8 Å². The largest absolute Gasteiger partial charge is 0.343 e. The van der Waals surface area contributed by atoms with E-state index < -0.39 is 6.29 Å². The lowest BCUT2D eigenvalue weighted by Gasteiger charge is -2.25. The molecule has 1 aromatic carbocycles. The van der Waals surface area contributed by atoms with Crippen molar-refractivity contribution in [2.75, 3.05) is 6.61 Å². The van der Waals surface area contributed by atoms with E-state index in [9.17, 15) is 4.79 Å². The first-order chi connectivity index (χ1) is 10.7. The Balaban J connectivity index is 1.61. The minimum absolute atomic E-state index is 0.0711. The summed E-state index contributed by atoms with van der Waals surface area (Å²) in [6.45, 7) is 0.930. The number of aromatic nitrogens is 4. The first-order valence-electron chi connectivity index (χ1n) is 7.08. The van der Waals surface area contributed by atoms with E-state index >= 15 is 0 Å². The van der Waals surface area contributed by atoms with Gasteiger partial charge in [-0.05, 0) is 28.2 Å². The van der Waals surface area contributed by atoms with Crippen LogP contribution in [0.5, 0.6) is 0 Å². The van der Waals surface area contributed by atoms with Gasteiger partial charge >= 0.3 is 0 Å². The van der Waals surface area contributed by atoms with Crippen LogP contribution in [-0.4, -0.2) is 44.6 Å². The summed E-state index contributed by atoms with van der Waals surface area (Å²) in [7, 11) is 0. The Kier molecular flexibility index (Phi) is 3.36. The highest BCUT2D eigenvalue weighted by Gasteiger charge is 2.45. The van der Waals surface area contributed by atoms with Crippen molar-refractivity contribution in [1.82, 2.24) is 19.8 Å². The smallest absolute Gasteiger partial charge is 0.218 e. The Bertz CT molecular complexity index is 757. The van der Waals surface area contributed by atoms with E-state index in [1.165, 1.54) is 0 Å². The highest BCUT2D eigenvalue weighted by molar-refractivity contribution is 7.71. The van der Waals surface area contributed by atoms with Crippen molar-refractivity contribution in [3.05, 3.63) is 40.7 Å². The van der Waals surface area contributed by atoms with Crippen LogP contribution in [0.1, 0.15) is 18.0 Å². The van der Waals surface area contributed by atoms with E-state index in [1.807, 2.05) is 30.3 Å². The van der Waals surface area contributed by atoms with E-state index in [1.54, 1.807) is 9.36 Å². The van der Waals surface area contributed by atoms with Crippen molar-refractivity contribution >= 4 is 18.0 Å². The lowest BCUT2D eigenvalue weighted by molar-refractivity contribution is -0.156. The first-order valence-corrected chi connectivity index (χ1v) is 7.49. The molecule has 1 aromatic heterocycles. The minimum atomic E-state index is -0.713. The standard InChI is InChI=1S/C14H14N4O3S/c19-11-6-10(12-8-20-13(11)21-12)18-14(22)17(15-16-18)7-9-4-2-1-3-5-9/h1-5,10,12-13H,6-8H2/t10-,12+,13-/m0/s1. The summed E-state index contributed by atoms with van der Waals surface area (Å²) < 4.78 is 14.6. The fraction of sp³-hybridized carbons (Fsp3) is 0.429. The van der Waals surface area contributed by atoms with Crippen LogP contribution in [0, 0.1) is 4.77 Å². The van der Waals surface area contributed by atoms with Gasteiger partial charge < -0.3 is 9.47 Å². The first kappa shape index (κ1) is 13.7. The molecular formula is C14H14N4O3S. The van der Waals surface area contributed by atoms with Gasteiger partial charge in [0.2, 0.25) is 11.1 Å². The van der Waals surface area contributed by atoms with E-state index in [0.717, 1.165) is 5.56 Å². The number of ketones is 1. The van der Waals surface area contributed by atoms with E-state index in [0.29, 0.717) is 24.3 Å². The number of hydrogen-bond acceptors (Lipinski definition) is 6. The molecule has 3 heterocycles. The molecule has 0 radical (unpaired) electrons.